The number of nitro benzene ring substituents is 1. The number of non-ortho nitro benzene ring substituents is 1. The van der Waals surface area contributed by atoms with Crippen LogP contribution in [0.2, 0.25) is 0 Å². The van der Waals surface area contributed by atoms with Gasteiger partial charge in [-0.05, 0) is 13.1 Å². The standard InChI is InChI=1S/C12H16N4O3/c1-14-4-6-15(7-5-14)11-3-2-9(16(18)19)8-10(11)12(13)17/h2-3,8H,4-7H2,1H3,(H2,13,17). The van der Waals surface area contributed by atoms with Crippen LogP contribution in [0, 0.1) is 10.1 Å². The number of nitro groups is 1. The van der Waals surface area contributed by atoms with Crippen LogP contribution in [0.15, 0.2) is 18.2 Å². The molecule has 0 aliphatic carbocycles. The second-order valence-electron chi connectivity index (χ2n) is 4.61. The number of hydrogen-bond acceptors (Lipinski definition) is 5. The molecule has 0 atom stereocenters. The lowest BCUT2D eigenvalue weighted by Gasteiger charge is -2.34. The molecule has 102 valence electrons. The molecule has 0 aromatic heterocycles. The van der Waals surface area contributed by atoms with Gasteiger partial charge in [0.2, 0.25) is 0 Å². The molecule has 0 bridgehead atoms. The largest absolute Gasteiger partial charge is 0.368 e. The average molecular weight is 264 g/mol. The smallest absolute Gasteiger partial charge is 0.270 e. The number of rotatable bonds is 3. The highest BCUT2D eigenvalue weighted by Crippen LogP contribution is 2.26. The summed E-state index contributed by atoms with van der Waals surface area (Å²) in [4.78, 5) is 25.9. The first-order valence-electron chi connectivity index (χ1n) is 6.01. The van der Waals surface area contributed by atoms with Gasteiger partial charge in [-0.15, -0.1) is 0 Å². The Labute approximate surface area is 110 Å². The number of carbonyl (C=O) groups excluding carboxylic acids is 1. The quantitative estimate of drug-likeness (QED) is 0.632. The molecule has 19 heavy (non-hydrogen) atoms. The van der Waals surface area contributed by atoms with Gasteiger partial charge < -0.3 is 15.5 Å². The van der Waals surface area contributed by atoms with Crippen molar-refractivity contribution in [2.24, 2.45) is 5.73 Å². The van der Waals surface area contributed by atoms with Gasteiger partial charge in [0.05, 0.1) is 16.2 Å². The molecule has 1 fully saturated rings. The Morgan fingerprint density at radius 2 is 1.95 bits per heavy atom. The van der Waals surface area contributed by atoms with Crippen LogP contribution >= 0.6 is 0 Å². The Balaban J connectivity index is 2.34. The highest BCUT2D eigenvalue weighted by molar-refractivity contribution is 5.99. The molecule has 0 radical (unpaired) electrons. The van der Waals surface area contributed by atoms with Crippen molar-refractivity contribution >= 4 is 17.3 Å². The van der Waals surface area contributed by atoms with Crippen molar-refractivity contribution in [1.82, 2.24) is 4.90 Å². The maximum absolute atomic E-state index is 11.5. The molecule has 1 saturated heterocycles. The second kappa shape index (κ2) is 5.23. The van der Waals surface area contributed by atoms with E-state index in [-0.39, 0.29) is 11.3 Å². The summed E-state index contributed by atoms with van der Waals surface area (Å²) in [6.45, 7) is 3.31. The summed E-state index contributed by atoms with van der Waals surface area (Å²) in [7, 11) is 2.03. The Kier molecular flexibility index (Phi) is 3.66. The summed E-state index contributed by atoms with van der Waals surface area (Å²) in [6, 6.07) is 4.25. The molecule has 0 spiro atoms. The van der Waals surface area contributed by atoms with Crippen LogP contribution in [0.3, 0.4) is 0 Å². The van der Waals surface area contributed by atoms with E-state index in [0.717, 1.165) is 26.2 Å². The van der Waals surface area contributed by atoms with Crippen LogP contribution in [0.25, 0.3) is 0 Å². The van der Waals surface area contributed by atoms with Crippen molar-refractivity contribution in [2.45, 2.75) is 0 Å². The molecular formula is C12H16N4O3. The van der Waals surface area contributed by atoms with Gasteiger partial charge in [-0.2, -0.15) is 0 Å². The van der Waals surface area contributed by atoms with Crippen LogP contribution < -0.4 is 10.6 Å². The number of benzene rings is 1. The van der Waals surface area contributed by atoms with Crippen LogP contribution in [-0.2, 0) is 0 Å². The van der Waals surface area contributed by atoms with Crippen LogP contribution in [-0.4, -0.2) is 49.0 Å². The maximum atomic E-state index is 11.5. The summed E-state index contributed by atoms with van der Waals surface area (Å²) in [6.07, 6.45) is 0. The van der Waals surface area contributed by atoms with Crippen LogP contribution in [0.5, 0.6) is 0 Å². The molecular weight excluding hydrogens is 248 g/mol. The topological polar surface area (TPSA) is 92.7 Å². The fraction of sp³-hybridized carbons (Fsp3) is 0.417. The number of nitrogens with zero attached hydrogens (tertiary/aromatic N) is 3. The molecule has 7 heteroatoms. The highest BCUT2D eigenvalue weighted by atomic mass is 16.6. The third-order valence-corrected chi connectivity index (χ3v) is 3.30. The molecule has 1 aliphatic heterocycles. The average Bonchev–Trinajstić information content (AvgIpc) is 2.38. The Morgan fingerprint density at radius 1 is 1.32 bits per heavy atom. The molecule has 7 nitrogen and oxygen atoms in total. The fourth-order valence-electron chi connectivity index (χ4n) is 2.16. The molecule has 1 aromatic carbocycles. The van der Waals surface area contributed by atoms with Crippen molar-refractivity contribution < 1.29 is 9.72 Å². The Morgan fingerprint density at radius 3 is 2.47 bits per heavy atom. The van der Waals surface area contributed by atoms with Gasteiger partial charge in [-0.1, -0.05) is 0 Å². The van der Waals surface area contributed by atoms with Gasteiger partial charge in [0.1, 0.15) is 0 Å². The lowest BCUT2D eigenvalue weighted by atomic mass is 10.1. The molecule has 0 unspecified atom stereocenters. The van der Waals surface area contributed by atoms with Crippen molar-refractivity contribution in [3.8, 4) is 0 Å². The number of carbonyl (C=O) groups is 1. The molecule has 2 N–H and O–H groups in total. The van der Waals surface area contributed by atoms with E-state index in [1.807, 2.05) is 11.9 Å². The van der Waals surface area contributed by atoms with Crippen LogP contribution in [0.1, 0.15) is 10.4 Å². The summed E-state index contributed by atoms with van der Waals surface area (Å²) in [5.41, 5.74) is 6.08. The number of nitrogens with two attached hydrogens (primary N) is 1. The van der Waals surface area contributed by atoms with Crippen molar-refractivity contribution in [2.75, 3.05) is 38.1 Å². The molecule has 1 aromatic rings. The van der Waals surface area contributed by atoms with E-state index in [1.165, 1.54) is 12.1 Å². The predicted octanol–water partition coefficient (Wildman–Crippen LogP) is 0.445. The third-order valence-electron chi connectivity index (χ3n) is 3.30. The first kappa shape index (κ1) is 13.3. The number of primary amides is 1. The summed E-state index contributed by atoms with van der Waals surface area (Å²) < 4.78 is 0. The van der Waals surface area contributed by atoms with Gasteiger partial charge >= 0.3 is 0 Å². The van der Waals surface area contributed by atoms with Crippen LogP contribution in [0.4, 0.5) is 11.4 Å². The molecule has 0 saturated carbocycles. The van der Waals surface area contributed by atoms with E-state index in [1.54, 1.807) is 6.07 Å². The first-order chi connectivity index (χ1) is 8.99. The van der Waals surface area contributed by atoms with Crippen molar-refractivity contribution in [3.05, 3.63) is 33.9 Å². The summed E-state index contributed by atoms with van der Waals surface area (Å²) in [5, 5.41) is 10.7. The van der Waals surface area contributed by atoms with Gasteiger partial charge in [0, 0.05) is 38.3 Å². The minimum absolute atomic E-state index is 0.119. The SMILES string of the molecule is CN1CCN(c2ccc([N+](=O)[O-])cc2C(N)=O)CC1. The lowest BCUT2D eigenvalue weighted by Crippen LogP contribution is -2.45. The monoisotopic (exact) mass is 264 g/mol. The number of amides is 1. The number of piperazine rings is 1. The molecule has 1 heterocycles. The van der Waals surface area contributed by atoms with E-state index in [9.17, 15) is 14.9 Å². The highest BCUT2D eigenvalue weighted by Gasteiger charge is 2.21. The minimum Gasteiger partial charge on any atom is -0.368 e. The van der Waals surface area contributed by atoms with Gasteiger partial charge in [0.15, 0.2) is 0 Å². The zero-order chi connectivity index (χ0) is 14.0. The Bertz CT molecular complexity index is 510. The van der Waals surface area contributed by atoms with Crippen molar-refractivity contribution in [1.29, 1.82) is 0 Å². The number of anilines is 1. The first-order valence-corrected chi connectivity index (χ1v) is 6.01. The van der Waals surface area contributed by atoms with Gasteiger partial charge in [-0.3, -0.25) is 14.9 Å². The lowest BCUT2D eigenvalue weighted by molar-refractivity contribution is -0.384. The van der Waals surface area contributed by atoms with Gasteiger partial charge in [0.25, 0.3) is 11.6 Å². The number of hydrogen-bond donors (Lipinski definition) is 1. The van der Waals surface area contributed by atoms with Crippen molar-refractivity contribution in [3.63, 3.8) is 0 Å². The van der Waals surface area contributed by atoms with E-state index in [4.69, 9.17) is 5.73 Å². The predicted molar refractivity (Wildman–Crippen MR) is 71.3 cm³/mol. The third kappa shape index (κ3) is 2.82. The zero-order valence-corrected chi connectivity index (χ0v) is 10.7. The molecule has 2 rings (SSSR count). The molecule has 1 aliphatic rings. The molecule has 1 amide bonds. The van der Waals surface area contributed by atoms with E-state index in [0.29, 0.717) is 5.69 Å². The fourth-order valence-corrected chi connectivity index (χ4v) is 2.16. The summed E-state index contributed by atoms with van der Waals surface area (Å²) >= 11 is 0. The second-order valence-corrected chi connectivity index (χ2v) is 4.61. The van der Waals surface area contributed by atoms with Gasteiger partial charge in [-0.25, -0.2) is 0 Å². The maximum Gasteiger partial charge on any atom is 0.270 e. The summed E-state index contributed by atoms with van der Waals surface area (Å²) in [5.74, 6) is -0.641. The van der Waals surface area contributed by atoms with E-state index >= 15 is 0 Å². The number of likely N-dealkylation sites (N-methyl/N-ethyl adjacent to an activating group) is 1. The van der Waals surface area contributed by atoms with E-state index in [2.05, 4.69) is 4.90 Å². The van der Waals surface area contributed by atoms with E-state index < -0.39 is 10.8 Å². The Hall–Kier alpha value is -2.15. The normalized spacial score (nSPS) is 16.4. The zero-order valence-electron chi connectivity index (χ0n) is 10.7. The minimum atomic E-state index is -0.641.